The first-order chi connectivity index (χ1) is 14.9. The molecule has 2 unspecified atom stereocenters. The van der Waals surface area contributed by atoms with Gasteiger partial charge in [0.15, 0.2) is 16.1 Å². The minimum atomic E-state index is -1.11. The highest BCUT2D eigenvalue weighted by molar-refractivity contribution is 7.17. The van der Waals surface area contributed by atoms with Gasteiger partial charge in [0.25, 0.3) is 5.91 Å². The summed E-state index contributed by atoms with van der Waals surface area (Å²) in [5.74, 6) is -1.30. The number of ether oxygens (including phenoxy) is 1. The summed E-state index contributed by atoms with van der Waals surface area (Å²) in [5.41, 5.74) is 0.855. The summed E-state index contributed by atoms with van der Waals surface area (Å²) >= 11 is 7.07. The van der Waals surface area contributed by atoms with Crippen molar-refractivity contribution in [2.45, 2.75) is 51.9 Å². The van der Waals surface area contributed by atoms with Gasteiger partial charge in [-0.3, -0.25) is 4.79 Å². The molecular weight excluding hydrogens is 446 g/mol. The smallest absolute Gasteiger partial charge is 0.347 e. The van der Waals surface area contributed by atoms with Crippen molar-refractivity contribution in [3.63, 3.8) is 0 Å². The Balaban J connectivity index is 1.73. The van der Waals surface area contributed by atoms with Gasteiger partial charge in [0.2, 0.25) is 0 Å². The summed E-state index contributed by atoms with van der Waals surface area (Å²) in [5, 5.41) is 22.5. The van der Waals surface area contributed by atoms with E-state index in [1.165, 1.54) is 0 Å². The molecule has 1 aliphatic rings. The van der Waals surface area contributed by atoms with E-state index in [0.717, 1.165) is 17.8 Å². The van der Waals surface area contributed by atoms with Crippen LogP contribution in [0.25, 0.3) is 0 Å². The lowest BCUT2D eigenvalue weighted by Crippen LogP contribution is -2.55. The molecule has 0 aromatic carbocycles. The molecule has 3 rings (SSSR count). The Bertz CT molecular complexity index is 933. The van der Waals surface area contributed by atoms with E-state index in [1.54, 1.807) is 0 Å². The average Bonchev–Trinajstić information content (AvgIpc) is 3.36. The van der Waals surface area contributed by atoms with E-state index in [1.807, 2.05) is 18.7 Å². The van der Waals surface area contributed by atoms with Crippen molar-refractivity contribution in [2.24, 2.45) is 0 Å². The van der Waals surface area contributed by atoms with Gasteiger partial charge in [-0.05, 0) is 19.3 Å². The average molecular weight is 472 g/mol. The lowest BCUT2D eigenvalue weighted by Gasteiger charge is -2.38. The second-order valence-electron chi connectivity index (χ2n) is 7.17. The number of piperidine rings is 1. The first kappa shape index (κ1) is 23.5. The largest absolute Gasteiger partial charge is 0.477 e. The topological polar surface area (TPSA) is 141 Å². The Labute approximate surface area is 188 Å². The van der Waals surface area contributed by atoms with Crippen molar-refractivity contribution < 1.29 is 24.5 Å². The molecule has 1 aliphatic heterocycles. The molecule has 170 valence electrons. The van der Waals surface area contributed by atoms with Crippen LogP contribution in [0.1, 0.15) is 58.4 Å². The van der Waals surface area contributed by atoms with E-state index in [-0.39, 0.29) is 34.4 Å². The van der Waals surface area contributed by atoms with Crippen molar-refractivity contribution in [3.05, 3.63) is 27.2 Å². The van der Waals surface area contributed by atoms with Gasteiger partial charge in [-0.1, -0.05) is 36.8 Å². The maximum absolute atomic E-state index is 12.7. The van der Waals surface area contributed by atoms with Crippen molar-refractivity contribution in [1.29, 1.82) is 0 Å². The molecule has 2 atom stereocenters. The molecule has 0 aliphatic carbocycles. The van der Waals surface area contributed by atoms with Crippen molar-refractivity contribution in [2.75, 3.05) is 24.6 Å². The standard InChI is InChI=1S/C19H26ClN5O5S/c1-3-7-30-13-8-25(19-23-12(9-26)14(31-19)18(28)29)6-5-11(13)22-17(27)16-21-10(4-2)15(20)24-16/h11,13,26H,3-9H2,1-2H3,(H,21,24)(H,22,27)(H,28,29). The van der Waals surface area contributed by atoms with Gasteiger partial charge >= 0.3 is 5.97 Å². The second-order valence-corrected chi connectivity index (χ2v) is 8.50. The van der Waals surface area contributed by atoms with Crippen molar-refractivity contribution >= 4 is 39.9 Å². The summed E-state index contributed by atoms with van der Waals surface area (Å²) in [4.78, 5) is 37.4. The Morgan fingerprint density at radius 1 is 1.39 bits per heavy atom. The molecule has 0 bridgehead atoms. The van der Waals surface area contributed by atoms with E-state index < -0.39 is 12.6 Å². The number of amides is 1. The van der Waals surface area contributed by atoms with E-state index >= 15 is 0 Å². The Kier molecular flexibility index (Phi) is 7.87. The van der Waals surface area contributed by atoms with Crippen LogP contribution in [-0.2, 0) is 17.8 Å². The highest BCUT2D eigenvalue weighted by atomic mass is 35.5. The van der Waals surface area contributed by atoms with Crippen LogP contribution in [0.5, 0.6) is 0 Å². The number of nitrogens with zero attached hydrogens (tertiary/aromatic N) is 3. The number of H-pyrrole nitrogens is 1. The zero-order valence-corrected chi connectivity index (χ0v) is 18.9. The molecule has 2 aromatic rings. The number of aliphatic hydroxyl groups excluding tert-OH is 1. The zero-order valence-electron chi connectivity index (χ0n) is 17.4. The molecule has 31 heavy (non-hydrogen) atoms. The maximum atomic E-state index is 12.7. The quantitative estimate of drug-likeness (QED) is 0.435. The van der Waals surface area contributed by atoms with Crippen molar-refractivity contribution in [1.82, 2.24) is 20.3 Å². The number of hydrogen-bond donors (Lipinski definition) is 4. The molecule has 0 saturated carbocycles. The number of thiazole rings is 1. The molecule has 12 heteroatoms. The molecule has 1 amide bonds. The van der Waals surface area contributed by atoms with Gasteiger partial charge in [0.05, 0.1) is 30.1 Å². The molecule has 1 fully saturated rings. The normalized spacial score (nSPS) is 18.9. The van der Waals surface area contributed by atoms with Gasteiger partial charge in [-0.15, -0.1) is 0 Å². The van der Waals surface area contributed by atoms with Gasteiger partial charge in [-0.2, -0.15) is 0 Å². The fourth-order valence-corrected chi connectivity index (χ4v) is 4.62. The summed E-state index contributed by atoms with van der Waals surface area (Å²) in [6, 6.07) is -0.250. The van der Waals surface area contributed by atoms with Crippen molar-refractivity contribution in [3.8, 4) is 0 Å². The number of hydrogen-bond acceptors (Lipinski definition) is 8. The molecule has 2 aromatic heterocycles. The van der Waals surface area contributed by atoms with Gasteiger partial charge in [0, 0.05) is 19.7 Å². The number of rotatable bonds is 9. The highest BCUT2D eigenvalue weighted by Crippen LogP contribution is 2.29. The fraction of sp³-hybridized carbons (Fsp3) is 0.579. The SMILES string of the molecule is CCCOC1CN(c2nc(CO)c(C(=O)O)s2)CCC1NC(=O)c1nc(Cl)c(CC)[nH]1. The van der Waals surface area contributed by atoms with E-state index in [2.05, 4.69) is 20.3 Å². The first-order valence-electron chi connectivity index (χ1n) is 10.1. The number of aromatic amines is 1. The number of carboxylic acid groups (broad SMARTS) is 1. The number of nitrogens with one attached hydrogen (secondary N) is 2. The first-order valence-corrected chi connectivity index (χ1v) is 11.3. The number of aryl methyl sites for hydroxylation is 1. The number of carbonyl (C=O) groups excluding carboxylic acids is 1. The molecule has 4 N–H and O–H groups in total. The van der Waals surface area contributed by atoms with Crippen LogP contribution in [0.4, 0.5) is 5.13 Å². The number of carbonyl (C=O) groups is 2. The summed E-state index contributed by atoms with van der Waals surface area (Å²) in [6.07, 6.45) is 1.72. The third-order valence-corrected chi connectivity index (χ3v) is 6.47. The van der Waals surface area contributed by atoms with Crippen LogP contribution in [0.15, 0.2) is 0 Å². The van der Waals surface area contributed by atoms with E-state index in [0.29, 0.717) is 48.5 Å². The van der Waals surface area contributed by atoms with E-state index in [4.69, 9.17) is 16.3 Å². The lowest BCUT2D eigenvalue weighted by molar-refractivity contribution is 0.0204. The third kappa shape index (κ3) is 5.35. The molecule has 0 radical (unpaired) electrons. The van der Waals surface area contributed by atoms with Gasteiger partial charge in [0.1, 0.15) is 4.88 Å². The second kappa shape index (κ2) is 10.4. The molecule has 0 spiro atoms. The highest BCUT2D eigenvalue weighted by Gasteiger charge is 2.34. The lowest BCUT2D eigenvalue weighted by atomic mass is 10.0. The van der Waals surface area contributed by atoms with E-state index in [9.17, 15) is 19.8 Å². The third-order valence-electron chi connectivity index (χ3n) is 5.01. The Morgan fingerprint density at radius 3 is 2.74 bits per heavy atom. The fourth-order valence-electron chi connectivity index (χ4n) is 3.41. The maximum Gasteiger partial charge on any atom is 0.347 e. The summed E-state index contributed by atoms with van der Waals surface area (Å²) < 4.78 is 5.99. The minimum absolute atomic E-state index is 0.0281. The number of aliphatic hydroxyl groups is 1. The Hall–Kier alpha value is -2.21. The number of anilines is 1. The zero-order chi connectivity index (χ0) is 22.5. The number of halogens is 1. The van der Waals surface area contributed by atoms with Crippen LogP contribution in [0.3, 0.4) is 0 Å². The van der Waals surface area contributed by atoms with Crippen LogP contribution in [0.2, 0.25) is 5.15 Å². The number of imidazole rings is 1. The number of carboxylic acids is 1. The summed E-state index contributed by atoms with van der Waals surface area (Å²) in [6.45, 7) is 4.99. The van der Waals surface area contributed by atoms with Gasteiger partial charge in [-0.25, -0.2) is 14.8 Å². The minimum Gasteiger partial charge on any atom is -0.477 e. The number of aromatic nitrogens is 3. The molecular formula is C19H26ClN5O5S. The monoisotopic (exact) mass is 471 g/mol. The predicted molar refractivity (Wildman–Crippen MR) is 116 cm³/mol. The van der Waals surface area contributed by atoms with Crippen LogP contribution in [0, 0.1) is 0 Å². The molecule has 3 heterocycles. The van der Waals surface area contributed by atoms with Crippen LogP contribution < -0.4 is 10.2 Å². The number of aromatic carboxylic acids is 1. The van der Waals surface area contributed by atoms with Crippen LogP contribution in [-0.4, -0.2) is 68.9 Å². The summed E-state index contributed by atoms with van der Waals surface area (Å²) in [7, 11) is 0. The van der Waals surface area contributed by atoms with Gasteiger partial charge < -0.3 is 30.2 Å². The molecule has 10 nitrogen and oxygen atoms in total. The molecule has 1 saturated heterocycles. The Morgan fingerprint density at radius 2 is 2.16 bits per heavy atom. The van der Waals surface area contributed by atoms with Crippen LogP contribution >= 0.6 is 22.9 Å². The predicted octanol–water partition coefficient (Wildman–Crippen LogP) is 2.08.